The van der Waals surface area contributed by atoms with Crippen LogP contribution >= 0.6 is 0 Å². The Morgan fingerprint density at radius 1 is 1.00 bits per heavy atom. The van der Waals surface area contributed by atoms with Crippen molar-refractivity contribution in [2.45, 2.75) is 19.6 Å². The molecule has 1 aromatic heterocycles. The zero-order valence-electron chi connectivity index (χ0n) is 16.0. The number of amides is 2. The van der Waals surface area contributed by atoms with Gasteiger partial charge in [0.15, 0.2) is 0 Å². The van der Waals surface area contributed by atoms with Gasteiger partial charge in [-0.1, -0.05) is 36.4 Å². The van der Waals surface area contributed by atoms with Crippen LogP contribution < -0.4 is 10.6 Å². The maximum absolute atomic E-state index is 12.8. The first-order chi connectivity index (χ1) is 13.8. The van der Waals surface area contributed by atoms with E-state index < -0.39 is 11.7 Å². The highest BCUT2D eigenvalue weighted by Gasteiger charge is 2.30. The second-order valence-corrected chi connectivity index (χ2v) is 6.52. The van der Waals surface area contributed by atoms with Gasteiger partial charge in [-0.25, -0.2) is 4.79 Å². The number of benzene rings is 2. The van der Waals surface area contributed by atoms with E-state index in [1.165, 1.54) is 12.1 Å². The summed E-state index contributed by atoms with van der Waals surface area (Å²) >= 11 is 0. The van der Waals surface area contributed by atoms with Crippen molar-refractivity contribution in [3.63, 3.8) is 0 Å². The number of rotatable bonds is 5. The lowest BCUT2D eigenvalue weighted by Gasteiger charge is -2.07. The Balaban J connectivity index is 1.75. The number of aromatic nitrogens is 2. The molecule has 1 heterocycles. The van der Waals surface area contributed by atoms with Gasteiger partial charge in [0, 0.05) is 25.7 Å². The number of halogens is 3. The van der Waals surface area contributed by atoms with E-state index in [9.17, 15) is 18.0 Å². The van der Waals surface area contributed by atoms with E-state index in [-0.39, 0.29) is 6.03 Å². The smallest absolute Gasteiger partial charge is 0.338 e. The maximum Gasteiger partial charge on any atom is 0.416 e. The molecule has 2 aromatic carbocycles. The Bertz CT molecular complexity index is 977. The molecule has 152 valence electrons. The standard InChI is InChI=1S/C21H21F3N4O/c1-3-25-20(29)26-13-14-4-6-15(7-5-14)18-12-19(28(2)27-18)16-8-10-17(11-9-16)21(22,23)24/h4-12H,3,13H2,1-2H3,(H2,25,26,29). The summed E-state index contributed by atoms with van der Waals surface area (Å²) in [6.45, 7) is 2.82. The van der Waals surface area contributed by atoms with E-state index in [2.05, 4.69) is 15.7 Å². The van der Waals surface area contributed by atoms with Crippen LogP contribution in [0, 0.1) is 0 Å². The van der Waals surface area contributed by atoms with Gasteiger partial charge in [0.05, 0.1) is 17.0 Å². The summed E-state index contributed by atoms with van der Waals surface area (Å²) in [4.78, 5) is 11.5. The van der Waals surface area contributed by atoms with E-state index in [0.717, 1.165) is 29.0 Å². The Labute approximate surface area is 166 Å². The number of alkyl halides is 3. The summed E-state index contributed by atoms with van der Waals surface area (Å²) in [6.07, 6.45) is -4.36. The number of carbonyl (C=O) groups is 1. The molecule has 0 aliphatic rings. The molecule has 0 aliphatic carbocycles. The minimum Gasteiger partial charge on any atom is -0.338 e. The van der Waals surface area contributed by atoms with Gasteiger partial charge in [-0.15, -0.1) is 0 Å². The Hall–Kier alpha value is -3.29. The van der Waals surface area contributed by atoms with Crippen LogP contribution in [0.3, 0.4) is 0 Å². The summed E-state index contributed by atoms with van der Waals surface area (Å²) in [6, 6.07) is 14.2. The maximum atomic E-state index is 12.8. The van der Waals surface area contributed by atoms with Gasteiger partial charge in [-0.3, -0.25) is 4.68 Å². The Morgan fingerprint density at radius 2 is 1.62 bits per heavy atom. The second-order valence-electron chi connectivity index (χ2n) is 6.52. The predicted octanol–water partition coefficient (Wildman–Crippen LogP) is 4.59. The SMILES string of the molecule is CCNC(=O)NCc1ccc(-c2cc(-c3ccc(C(F)(F)F)cc3)n(C)n2)cc1. The number of hydrogen-bond acceptors (Lipinski definition) is 2. The van der Waals surface area contributed by atoms with Crippen LogP contribution in [-0.4, -0.2) is 22.4 Å². The highest BCUT2D eigenvalue weighted by atomic mass is 19.4. The van der Waals surface area contributed by atoms with Gasteiger partial charge >= 0.3 is 12.2 Å². The molecule has 0 radical (unpaired) electrons. The van der Waals surface area contributed by atoms with Gasteiger partial charge in [0.25, 0.3) is 0 Å². The van der Waals surface area contributed by atoms with E-state index in [0.29, 0.717) is 24.3 Å². The summed E-state index contributed by atoms with van der Waals surface area (Å²) in [5.74, 6) is 0. The molecule has 0 bridgehead atoms. The van der Waals surface area contributed by atoms with E-state index in [1.807, 2.05) is 37.3 Å². The highest BCUT2D eigenvalue weighted by molar-refractivity contribution is 5.74. The summed E-state index contributed by atoms with van der Waals surface area (Å²) < 4.78 is 39.9. The molecule has 2 amide bonds. The molecule has 0 fully saturated rings. The normalized spacial score (nSPS) is 11.3. The van der Waals surface area contributed by atoms with Crippen LogP contribution in [-0.2, 0) is 19.8 Å². The second kappa shape index (κ2) is 8.38. The molecule has 8 heteroatoms. The number of nitrogens with one attached hydrogen (secondary N) is 2. The molecular formula is C21H21F3N4O. The van der Waals surface area contributed by atoms with Crippen molar-refractivity contribution in [3.05, 3.63) is 65.7 Å². The molecule has 0 atom stereocenters. The van der Waals surface area contributed by atoms with Crippen LogP contribution in [0.25, 0.3) is 22.5 Å². The largest absolute Gasteiger partial charge is 0.416 e. The zero-order valence-corrected chi connectivity index (χ0v) is 16.0. The molecule has 0 aliphatic heterocycles. The molecule has 0 spiro atoms. The third-order valence-corrected chi connectivity index (χ3v) is 4.43. The van der Waals surface area contributed by atoms with Crippen LogP contribution in [0.2, 0.25) is 0 Å². The lowest BCUT2D eigenvalue weighted by Crippen LogP contribution is -2.34. The molecule has 0 saturated carbocycles. The molecule has 0 unspecified atom stereocenters. The predicted molar refractivity (Wildman–Crippen MR) is 105 cm³/mol. The van der Waals surface area contributed by atoms with Crippen molar-refractivity contribution in [1.82, 2.24) is 20.4 Å². The van der Waals surface area contributed by atoms with Crippen molar-refractivity contribution in [1.29, 1.82) is 0 Å². The van der Waals surface area contributed by atoms with Gasteiger partial charge < -0.3 is 10.6 Å². The first-order valence-corrected chi connectivity index (χ1v) is 9.10. The van der Waals surface area contributed by atoms with Crippen molar-refractivity contribution < 1.29 is 18.0 Å². The Morgan fingerprint density at radius 3 is 2.21 bits per heavy atom. The average Bonchev–Trinajstić information content (AvgIpc) is 3.08. The topological polar surface area (TPSA) is 59.0 Å². The number of nitrogens with zero attached hydrogens (tertiary/aromatic N) is 2. The number of urea groups is 1. The van der Waals surface area contributed by atoms with Crippen molar-refractivity contribution >= 4 is 6.03 Å². The molecule has 2 N–H and O–H groups in total. The van der Waals surface area contributed by atoms with Gasteiger partial charge in [0.1, 0.15) is 0 Å². The van der Waals surface area contributed by atoms with Gasteiger partial charge in [0.2, 0.25) is 0 Å². The van der Waals surface area contributed by atoms with Crippen LogP contribution in [0.1, 0.15) is 18.1 Å². The van der Waals surface area contributed by atoms with Crippen LogP contribution in [0.4, 0.5) is 18.0 Å². The summed E-state index contributed by atoms with van der Waals surface area (Å²) in [5, 5.41) is 9.89. The average molecular weight is 402 g/mol. The number of aryl methyl sites for hydroxylation is 1. The van der Waals surface area contributed by atoms with Crippen LogP contribution in [0.15, 0.2) is 54.6 Å². The van der Waals surface area contributed by atoms with Gasteiger partial charge in [-0.2, -0.15) is 18.3 Å². The van der Waals surface area contributed by atoms with Crippen molar-refractivity contribution in [3.8, 4) is 22.5 Å². The lowest BCUT2D eigenvalue weighted by atomic mass is 10.1. The van der Waals surface area contributed by atoms with Crippen molar-refractivity contribution in [2.75, 3.05) is 6.54 Å². The molecule has 3 rings (SSSR count). The number of hydrogen-bond donors (Lipinski definition) is 2. The fourth-order valence-corrected chi connectivity index (χ4v) is 2.91. The van der Waals surface area contributed by atoms with Crippen LogP contribution in [0.5, 0.6) is 0 Å². The third kappa shape index (κ3) is 4.96. The fraction of sp³-hybridized carbons (Fsp3) is 0.238. The van der Waals surface area contributed by atoms with E-state index in [4.69, 9.17) is 0 Å². The molecule has 3 aromatic rings. The summed E-state index contributed by atoms with van der Waals surface area (Å²) in [5.41, 5.74) is 3.23. The quantitative estimate of drug-likeness (QED) is 0.656. The molecular weight excluding hydrogens is 381 g/mol. The van der Waals surface area contributed by atoms with E-state index in [1.54, 1.807) is 11.7 Å². The first kappa shape index (κ1) is 20.4. The zero-order chi connectivity index (χ0) is 21.0. The third-order valence-electron chi connectivity index (χ3n) is 4.43. The molecule has 29 heavy (non-hydrogen) atoms. The number of carbonyl (C=O) groups excluding carboxylic acids is 1. The highest BCUT2D eigenvalue weighted by Crippen LogP contribution is 2.32. The fourth-order valence-electron chi connectivity index (χ4n) is 2.91. The lowest BCUT2D eigenvalue weighted by molar-refractivity contribution is -0.137. The minimum atomic E-state index is -4.36. The molecule has 5 nitrogen and oxygen atoms in total. The van der Waals surface area contributed by atoms with Crippen molar-refractivity contribution in [2.24, 2.45) is 7.05 Å². The molecule has 0 saturated heterocycles. The summed E-state index contributed by atoms with van der Waals surface area (Å²) in [7, 11) is 1.75. The monoisotopic (exact) mass is 402 g/mol. The minimum absolute atomic E-state index is 0.220. The first-order valence-electron chi connectivity index (χ1n) is 9.10. The van der Waals surface area contributed by atoms with Gasteiger partial charge in [-0.05, 0) is 36.2 Å². The Kier molecular flexibility index (Phi) is 5.91. The van der Waals surface area contributed by atoms with E-state index >= 15 is 0 Å².